The van der Waals surface area contributed by atoms with E-state index in [0.29, 0.717) is 17.2 Å². The van der Waals surface area contributed by atoms with Crippen molar-refractivity contribution in [1.29, 1.82) is 0 Å². The summed E-state index contributed by atoms with van der Waals surface area (Å²) in [7, 11) is 3.88. The lowest BCUT2D eigenvalue weighted by molar-refractivity contribution is 0.0950. The molecule has 1 aromatic carbocycles. The van der Waals surface area contributed by atoms with Crippen LogP contribution < -0.4 is 16.0 Å². The molecule has 0 aliphatic rings. The molecule has 0 unspecified atom stereocenters. The molecule has 1 aromatic heterocycles. The monoisotopic (exact) mass is 276 g/mol. The fraction of sp³-hybridized carbons (Fsp3) is 0.231. The van der Waals surface area contributed by atoms with Crippen molar-refractivity contribution >= 4 is 28.1 Å². The van der Waals surface area contributed by atoms with E-state index in [0.717, 1.165) is 11.4 Å². The Bertz CT molecular complexity index is 580. The zero-order chi connectivity index (χ0) is 13.8. The van der Waals surface area contributed by atoms with Crippen LogP contribution in [0.2, 0.25) is 0 Å². The predicted molar refractivity (Wildman–Crippen MR) is 78.5 cm³/mol. The molecule has 0 aliphatic heterocycles. The number of nitrogens with two attached hydrogens (primary N) is 1. The molecule has 1 amide bonds. The van der Waals surface area contributed by atoms with E-state index in [1.54, 1.807) is 6.07 Å². The van der Waals surface area contributed by atoms with Gasteiger partial charge in [0.15, 0.2) is 5.13 Å². The first-order chi connectivity index (χ1) is 9.06. The molecule has 0 fully saturated rings. The van der Waals surface area contributed by atoms with Crippen molar-refractivity contribution in [1.82, 2.24) is 10.3 Å². The lowest BCUT2D eigenvalue weighted by Crippen LogP contribution is -2.23. The van der Waals surface area contributed by atoms with Gasteiger partial charge >= 0.3 is 0 Å². The third-order valence-electron chi connectivity index (χ3n) is 2.62. The number of aromatic nitrogens is 1. The summed E-state index contributed by atoms with van der Waals surface area (Å²) in [6.07, 6.45) is 0. The maximum Gasteiger partial charge on any atom is 0.251 e. The number of benzene rings is 1. The van der Waals surface area contributed by atoms with Crippen molar-refractivity contribution in [3.63, 3.8) is 0 Å². The maximum atomic E-state index is 12.0. The Balaban J connectivity index is 2.01. The fourth-order valence-corrected chi connectivity index (χ4v) is 2.16. The van der Waals surface area contributed by atoms with Crippen LogP contribution in [0.3, 0.4) is 0 Å². The molecule has 0 saturated heterocycles. The molecule has 3 N–H and O–H groups in total. The summed E-state index contributed by atoms with van der Waals surface area (Å²) in [6, 6.07) is 7.46. The van der Waals surface area contributed by atoms with Crippen LogP contribution in [0.25, 0.3) is 0 Å². The Kier molecular flexibility index (Phi) is 4.01. The average Bonchev–Trinajstić information content (AvgIpc) is 2.82. The average molecular weight is 276 g/mol. The third kappa shape index (κ3) is 3.45. The van der Waals surface area contributed by atoms with Gasteiger partial charge in [0, 0.05) is 30.7 Å². The number of carbonyl (C=O) groups excluding carboxylic acids is 1. The largest absolute Gasteiger partial charge is 0.378 e. The number of nitrogen functional groups attached to an aromatic ring is 1. The van der Waals surface area contributed by atoms with Gasteiger partial charge in [0.05, 0.1) is 12.2 Å². The highest BCUT2D eigenvalue weighted by Crippen LogP contribution is 2.14. The lowest BCUT2D eigenvalue weighted by Gasteiger charge is -2.13. The third-order valence-corrected chi connectivity index (χ3v) is 3.35. The Hall–Kier alpha value is -2.08. The van der Waals surface area contributed by atoms with Gasteiger partial charge in [0.2, 0.25) is 0 Å². The normalized spacial score (nSPS) is 10.2. The number of rotatable bonds is 4. The van der Waals surface area contributed by atoms with Crippen LogP contribution in [0.4, 0.5) is 10.8 Å². The van der Waals surface area contributed by atoms with E-state index in [2.05, 4.69) is 10.3 Å². The molecule has 5 nitrogen and oxygen atoms in total. The summed E-state index contributed by atoms with van der Waals surface area (Å²) in [5, 5.41) is 5.18. The van der Waals surface area contributed by atoms with E-state index in [-0.39, 0.29) is 5.91 Å². The minimum absolute atomic E-state index is 0.115. The van der Waals surface area contributed by atoms with Gasteiger partial charge in [-0.1, -0.05) is 6.07 Å². The molecule has 19 heavy (non-hydrogen) atoms. The van der Waals surface area contributed by atoms with Gasteiger partial charge in [-0.05, 0) is 18.2 Å². The van der Waals surface area contributed by atoms with E-state index in [1.807, 2.05) is 42.6 Å². The zero-order valence-electron chi connectivity index (χ0n) is 10.9. The van der Waals surface area contributed by atoms with Crippen LogP contribution in [0.15, 0.2) is 29.6 Å². The van der Waals surface area contributed by atoms with Crippen molar-refractivity contribution in [3.05, 3.63) is 40.9 Å². The molecular formula is C13H16N4OS. The lowest BCUT2D eigenvalue weighted by atomic mass is 10.2. The summed E-state index contributed by atoms with van der Waals surface area (Å²) in [5.74, 6) is -0.115. The van der Waals surface area contributed by atoms with Crippen LogP contribution in [0.5, 0.6) is 0 Å². The fourth-order valence-electron chi connectivity index (χ4n) is 1.60. The molecule has 0 saturated carbocycles. The molecule has 0 bridgehead atoms. The molecule has 0 radical (unpaired) electrons. The second-order valence-electron chi connectivity index (χ2n) is 4.30. The van der Waals surface area contributed by atoms with Crippen molar-refractivity contribution in [2.75, 3.05) is 24.7 Å². The molecule has 0 atom stereocenters. The molecule has 0 spiro atoms. The first-order valence-electron chi connectivity index (χ1n) is 5.82. The number of nitrogens with zero attached hydrogens (tertiary/aromatic N) is 2. The first kappa shape index (κ1) is 13.4. The number of nitrogens with one attached hydrogen (secondary N) is 1. The molecule has 2 rings (SSSR count). The second-order valence-corrected chi connectivity index (χ2v) is 5.19. The summed E-state index contributed by atoms with van der Waals surface area (Å²) >= 11 is 1.37. The Morgan fingerprint density at radius 2 is 2.26 bits per heavy atom. The van der Waals surface area contributed by atoms with Crippen molar-refractivity contribution in [3.8, 4) is 0 Å². The van der Waals surface area contributed by atoms with Crippen molar-refractivity contribution in [2.24, 2.45) is 0 Å². The number of amides is 1. The number of hydrogen-bond donors (Lipinski definition) is 2. The standard InChI is InChI=1S/C13H16N4OS/c1-17(2)11-5-3-4-9(6-11)12(18)15-7-10-8-19-13(14)16-10/h3-6,8H,7H2,1-2H3,(H2,14,16)(H,15,18). The van der Waals surface area contributed by atoms with E-state index >= 15 is 0 Å². The van der Waals surface area contributed by atoms with E-state index in [9.17, 15) is 4.79 Å². The highest BCUT2D eigenvalue weighted by atomic mass is 32.1. The van der Waals surface area contributed by atoms with Crippen LogP contribution in [0, 0.1) is 0 Å². The molecular weight excluding hydrogens is 260 g/mol. The Morgan fingerprint density at radius 3 is 2.89 bits per heavy atom. The quantitative estimate of drug-likeness (QED) is 0.892. The summed E-state index contributed by atoms with van der Waals surface area (Å²) in [4.78, 5) is 18.1. The van der Waals surface area contributed by atoms with Crippen molar-refractivity contribution < 1.29 is 4.79 Å². The summed E-state index contributed by atoms with van der Waals surface area (Å²) in [6.45, 7) is 0.388. The van der Waals surface area contributed by atoms with Crippen LogP contribution in [-0.4, -0.2) is 25.0 Å². The minimum atomic E-state index is -0.115. The Morgan fingerprint density at radius 1 is 1.47 bits per heavy atom. The zero-order valence-corrected chi connectivity index (χ0v) is 11.7. The SMILES string of the molecule is CN(C)c1cccc(C(=O)NCc2csc(N)n2)c1. The van der Waals surface area contributed by atoms with E-state index in [4.69, 9.17) is 5.73 Å². The van der Waals surface area contributed by atoms with Crippen LogP contribution >= 0.6 is 11.3 Å². The van der Waals surface area contributed by atoms with Gasteiger partial charge in [-0.2, -0.15) is 0 Å². The smallest absolute Gasteiger partial charge is 0.251 e. The van der Waals surface area contributed by atoms with Crippen LogP contribution in [-0.2, 0) is 6.54 Å². The summed E-state index contributed by atoms with van der Waals surface area (Å²) in [5.41, 5.74) is 7.94. The predicted octanol–water partition coefficient (Wildman–Crippen LogP) is 1.72. The van der Waals surface area contributed by atoms with Gasteiger partial charge in [-0.25, -0.2) is 4.98 Å². The molecule has 2 aromatic rings. The summed E-state index contributed by atoms with van der Waals surface area (Å²) < 4.78 is 0. The van der Waals surface area contributed by atoms with Gasteiger partial charge in [-0.3, -0.25) is 4.79 Å². The molecule has 100 valence electrons. The number of thiazole rings is 1. The van der Waals surface area contributed by atoms with Crippen molar-refractivity contribution in [2.45, 2.75) is 6.54 Å². The van der Waals surface area contributed by atoms with Gasteiger partial charge in [-0.15, -0.1) is 11.3 Å². The molecule has 1 heterocycles. The van der Waals surface area contributed by atoms with Gasteiger partial charge in [0.1, 0.15) is 0 Å². The number of carbonyl (C=O) groups is 1. The molecule has 0 aliphatic carbocycles. The minimum Gasteiger partial charge on any atom is -0.378 e. The first-order valence-corrected chi connectivity index (χ1v) is 6.69. The molecule has 6 heteroatoms. The Labute approximate surface area is 116 Å². The van der Waals surface area contributed by atoms with E-state index < -0.39 is 0 Å². The topological polar surface area (TPSA) is 71.2 Å². The highest BCUT2D eigenvalue weighted by Gasteiger charge is 2.07. The maximum absolute atomic E-state index is 12.0. The second kappa shape index (κ2) is 5.71. The highest BCUT2D eigenvalue weighted by molar-refractivity contribution is 7.13. The van der Waals surface area contributed by atoms with Gasteiger partial charge in [0.25, 0.3) is 5.91 Å². The number of hydrogen-bond acceptors (Lipinski definition) is 5. The van der Waals surface area contributed by atoms with Gasteiger partial charge < -0.3 is 16.0 Å². The van der Waals surface area contributed by atoms with E-state index in [1.165, 1.54) is 11.3 Å². The number of anilines is 2. The van der Waals surface area contributed by atoms with Crippen LogP contribution in [0.1, 0.15) is 16.1 Å².